The van der Waals surface area contributed by atoms with Crippen LogP contribution in [0.15, 0.2) is 32.3 Å². The Bertz CT molecular complexity index is 967. The van der Waals surface area contributed by atoms with E-state index in [2.05, 4.69) is 0 Å². The van der Waals surface area contributed by atoms with E-state index in [0.717, 1.165) is 0 Å². The molecule has 1 saturated heterocycles. The van der Waals surface area contributed by atoms with Crippen LogP contribution < -0.4 is 5.76 Å². The van der Waals surface area contributed by atoms with Crippen LogP contribution in [0, 0.1) is 0 Å². The summed E-state index contributed by atoms with van der Waals surface area (Å²) in [5.41, 5.74) is 0.797. The molecule has 8 nitrogen and oxygen atoms in total. The summed E-state index contributed by atoms with van der Waals surface area (Å²) in [4.78, 5) is 24.8. The molecule has 1 aromatic carbocycles. The van der Waals surface area contributed by atoms with Gasteiger partial charge in [-0.1, -0.05) is 0 Å². The Morgan fingerprint density at radius 1 is 1.28 bits per heavy atom. The fourth-order valence-electron chi connectivity index (χ4n) is 3.15. The number of piperidine rings is 1. The maximum absolute atomic E-state index is 12.9. The summed E-state index contributed by atoms with van der Waals surface area (Å²) >= 11 is 0. The predicted octanol–water partition coefficient (Wildman–Crippen LogP) is 0.763. The van der Waals surface area contributed by atoms with E-state index in [1.807, 2.05) is 0 Å². The fraction of sp³-hybridized carbons (Fsp3) is 0.500. The summed E-state index contributed by atoms with van der Waals surface area (Å²) in [7, 11) is -0.361. The van der Waals surface area contributed by atoms with Gasteiger partial charge in [0.05, 0.1) is 10.4 Å². The van der Waals surface area contributed by atoms with Crippen LogP contribution in [0.5, 0.6) is 0 Å². The number of sulfonamides is 1. The van der Waals surface area contributed by atoms with Gasteiger partial charge in [0.1, 0.15) is 0 Å². The van der Waals surface area contributed by atoms with Gasteiger partial charge in [0.25, 0.3) is 0 Å². The number of amides is 1. The third-order valence-corrected chi connectivity index (χ3v) is 6.76. The van der Waals surface area contributed by atoms with Crippen LogP contribution in [0.25, 0.3) is 11.1 Å². The van der Waals surface area contributed by atoms with Gasteiger partial charge < -0.3 is 9.32 Å². The topological polar surface area (TPSA) is 92.8 Å². The van der Waals surface area contributed by atoms with Gasteiger partial charge in [0, 0.05) is 46.2 Å². The molecule has 2 heterocycles. The lowest BCUT2D eigenvalue weighted by molar-refractivity contribution is -0.130. The van der Waals surface area contributed by atoms with Gasteiger partial charge in [-0.2, -0.15) is 4.31 Å². The lowest BCUT2D eigenvalue weighted by Gasteiger charge is -2.35. The Labute approximate surface area is 145 Å². The van der Waals surface area contributed by atoms with Crippen LogP contribution in [0.1, 0.15) is 19.8 Å². The van der Waals surface area contributed by atoms with Crippen LogP contribution in [-0.2, 0) is 21.9 Å². The van der Waals surface area contributed by atoms with E-state index >= 15 is 0 Å². The summed E-state index contributed by atoms with van der Waals surface area (Å²) in [6.45, 7) is 2.20. The number of oxazole rings is 1. The second-order valence-electron chi connectivity index (χ2n) is 6.32. The molecule has 3 rings (SSSR count). The van der Waals surface area contributed by atoms with Crippen LogP contribution in [-0.4, -0.2) is 54.3 Å². The molecular weight excluding hydrogens is 346 g/mol. The van der Waals surface area contributed by atoms with Crippen molar-refractivity contribution in [1.82, 2.24) is 13.8 Å². The van der Waals surface area contributed by atoms with Crippen molar-refractivity contribution in [2.24, 2.45) is 7.05 Å². The third-order valence-electron chi connectivity index (χ3n) is 4.87. The Morgan fingerprint density at radius 2 is 1.92 bits per heavy atom. The van der Waals surface area contributed by atoms with Crippen molar-refractivity contribution in [2.75, 3.05) is 20.1 Å². The number of aryl methyl sites for hydroxylation is 1. The maximum Gasteiger partial charge on any atom is 0.419 e. The van der Waals surface area contributed by atoms with Gasteiger partial charge in [0.2, 0.25) is 15.9 Å². The van der Waals surface area contributed by atoms with Crippen LogP contribution >= 0.6 is 0 Å². The first-order chi connectivity index (χ1) is 11.7. The molecule has 1 amide bonds. The van der Waals surface area contributed by atoms with Crippen molar-refractivity contribution in [1.29, 1.82) is 0 Å². The normalized spacial score (nSPS) is 17.1. The molecule has 25 heavy (non-hydrogen) atoms. The highest BCUT2D eigenvalue weighted by atomic mass is 32.2. The van der Waals surface area contributed by atoms with Gasteiger partial charge in [-0.3, -0.25) is 9.36 Å². The van der Waals surface area contributed by atoms with E-state index in [1.165, 1.54) is 27.9 Å². The molecule has 0 aliphatic carbocycles. The molecule has 0 atom stereocenters. The third kappa shape index (κ3) is 3.09. The standard InChI is InChI=1S/C16H21N3O5S/c1-11(20)17(2)12-6-8-19(9-7-12)25(22,23)13-4-5-14-15(10-13)24-16(21)18(14)3/h4-5,10,12H,6-9H2,1-3H3. The Balaban J connectivity index is 1.83. The maximum atomic E-state index is 12.9. The first kappa shape index (κ1) is 17.7. The largest absolute Gasteiger partial charge is 0.419 e. The molecule has 9 heteroatoms. The van der Waals surface area contributed by atoms with Gasteiger partial charge in [-0.15, -0.1) is 0 Å². The van der Waals surface area contributed by atoms with Crippen LogP contribution in [0.3, 0.4) is 0 Å². The quantitative estimate of drug-likeness (QED) is 0.799. The highest BCUT2D eigenvalue weighted by Crippen LogP contribution is 2.25. The molecule has 0 radical (unpaired) electrons. The van der Waals surface area contributed by atoms with Crippen molar-refractivity contribution < 1.29 is 17.6 Å². The lowest BCUT2D eigenvalue weighted by atomic mass is 10.1. The van der Waals surface area contributed by atoms with Crippen molar-refractivity contribution in [3.63, 3.8) is 0 Å². The fourth-order valence-corrected chi connectivity index (χ4v) is 4.64. The van der Waals surface area contributed by atoms with Crippen molar-refractivity contribution >= 4 is 27.0 Å². The highest BCUT2D eigenvalue weighted by molar-refractivity contribution is 7.89. The van der Waals surface area contributed by atoms with Crippen molar-refractivity contribution in [3.8, 4) is 0 Å². The molecule has 136 valence electrons. The van der Waals surface area contributed by atoms with Gasteiger partial charge in [-0.25, -0.2) is 13.2 Å². The molecule has 1 aliphatic rings. The lowest BCUT2D eigenvalue weighted by Crippen LogP contribution is -2.46. The smallest absolute Gasteiger partial charge is 0.408 e. The molecule has 2 aromatic rings. The molecule has 0 unspecified atom stereocenters. The number of aromatic nitrogens is 1. The number of rotatable bonds is 3. The Hall–Kier alpha value is -2.13. The zero-order chi connectivity index (χ0) is 18.4. The number of fused-ring (bicyclic) bond motifs is 1. The molecule has 0 bridgehead atoms. The predicted molar refractivity (Wildman–Crippen MR) is 91.7 cm³/mol. The minimum Gasteiger partial charge on any atom is -0.408 e. The first-order valence-electron chi connectivity index (χ1n) is 8.05. The second kappa shape index (κ2) is 6.30. The molecule has 1 aromatic heterocycles. The van der Waals surface area contributed by atoms with Crippen LogP contribution in [0.4, 0.5) is 0 Å². The summed E-state index contributed by atoms with van der Waals surface area (Å²) < 4.78 is 33.5. The van der Waals surface area contributed by atoms with Gasteiger partial charge in [0.15, 0.2) is 5.58 Å². The van der Waals surface area contributed by atoms with E-state index in [-0.39, 0.29) is 22.4 Å². The van der Waals surface area contributed by atoms with E-state index in [9.17, 15) is 18.0 Å². The number of carbonyl (C=O) groups is 1. The average Bonchev–Trinajstić information content (AvgIpc) is 2.88. The molecule has 0 saturated carbocycles. The van der Waals surface area contributed by atoms with E-state index in [1.54, 1.807) is 25.1 Å². The highest BCUT2D eigenvalue weighted by Gasteiger charge is 2.31. The van der Waals surface area contributed by atoms with Gasteiger partial charge in [-0.05, 0) is 25.0 Å². The van der Waals surface area contributed by atoms with E-state index in [4.69, 9.17) is 4.42 Å². The zero-order valence-electron chi connectivity index (χ0n) is 14.4. The monoisotopic (exact) mass is 367 g/mol. The average molecular weight is 367 g/mol. The van der Waals surface area contributed by atoms with Crippen LogP contribution in [0.2, 0.25) is 0 Å². The molecule has 0 spiro atoms. The minimum atomic E-state index is -3.67. The van der Waals surface area contributed by atoms with Gasteiger partial charge >= 0.3 is 5.76 Å². The molecule has 1 fully saturated rings. The van der Waals surface area contributed by atoms with E-state index < -0.39 is 15.8 Å². The molecule has 1 aliphatic heterocycles. The first-order valence-corrected chi connectivity index (χ1v) is 9.49. The number of benzene rings is 1. The SMILES string of the molecule is CC(=O)N(C)C1CCN(S(=O)(=O)c2ccc3c(c2)oc(=O)n3C)CC1. The molecule has 0 N–H and O–H groups in total. The van der Waals surface area contributed by atoms with E-state index in [0.29, 0.717) is 31.4 Å². The minimum absolute atomic E-state index is 0.0223. The summed E-state index contributed by atoms with van der Waals surface area (Å²) in [5, 5.41) is 0. The summed E-state index contributed by atoms with van der Waals surface area (Å²) in [6.07, 6.45) is 1.19. The summed E-state index contributed by atoms with van der Waals surface area (Å²) in [5.74, 6) is -0.552. The summed E-state index contributed by atoms with van der Waals surface area (Å²) in [6, 6.07) is 4.50. The number of hydrogen-bond donors (Lipinski definition) is 0. The number of carbonyl (C=O) groups excluding carboxylic acids is 1. The number of hydrogen-bond acceptors (Lipinski definition) is 5. The number of nitrogens with zero attached hydrogens (tertiary/aromatic N) is 3. The van der Waals surface area contributed by atoms with Crippen molar-refractivity contribution in [2.45, 2.75) is 30.7 Å². The second-order valence-corrected chi connectivity index (χ2v) is 8.26. The molecular formula is C16H21N3O5S. The van der Waals surface area contributed by atoms with Crippen molar-refractivity contribution in [3.05, 3.63) is 28.7 Å². The Morgan fingerprint density at radius 3 is 2.52 bits per heavy atom. The Kier molecular flexibility index (Phi) is 4.46. The zero-order valence-corrected chi connectivity index (χ0v) is 15.2.